The number of aromatic amines is 1. The third-order valence-corrected chi connectivity index (χ3v) is 3.66. The maximum Gasteiger partial charge on any atom is 0.361 e. The Hall–Kier alpha value is -3.35. The minimum Gasteiger partial charge on any atom is -0.486 e. The Morgan fingerprint density at radius 2 is 1.80 bits per heavy atom. The van der Waals surface area contributed by atoms with Gasteiger partial charge >= 0.3 is 5.97 Å². The molecule has 0 bridgehead atoms. The first-order chi connectivity index (χ1) is 12.2. The first kappa shape index (κ1) is 15.2. The molecule has 4 rings (SSSR count). The highest BCUT2D eigenvalue weighted by molar-refractivity contribution is 5.90. The van der Waals surface area contributed by atoms with Gasteiger partial charge in [-0.25, -0.2) is 9.18 Å². The summed E-state index contributed by atoms with van der Waals surface area (Å²) in [6.07, 6.45) is 0. The first-order valence-corrected chi connectivity index (χ1v) is 7.62. The van der Waals surface area contributed by atoms with Gasteiger partial charge in [0.25, 0.3) is 0 Å². The number of carbonyl (C=O) groups is 1. The highest BCUT2D eigenvalue weighted by atomic mass is 19.1. The number of nitrogens with one attached hydrogen (secondary N) is 1. The second-order valence-corrected chi connectivity index (χ2v) is 5.37. The van der Waals surface area contributed by atoms with Gasteiger partial charge in [-0.1, -0.05) is 0 Å². The van der Waals surface area contributed by atoms with Crippen LogP contribution in [0.3, 0.4) is 0 Å². The number of carbonyl (C=O) groups excluding carboxylic acids is 1. The van der Waals surface area contributed by atoms with Gasteiger partial charge in [0, 0.05) is 11.6 Å². The predicted molar refractivity (Wildman–Crippen MR) is 86.4 cm³/mol. The Morgan fingerprint density at radius 3 is 2.60 bits per heavy atom. The van der Waals surface area contributed by atoms with E-state index in [0.717, 1.165) is 0 Å². The Balaban J connectivity index is 1.51. The Bertz CT molecular complexity index is 921. The number of hydrogen-bond acceptors (Lipinski definition) is 5. The zero-order valence-corrected chi connectivity index (χ0v) is 13.0. The third kappa shape index (κ3) is 3.16. The molecule has 0 saturated carbocycles. The van der Waals surface area contributed by atoms with Gasteiger partial charge in [0.1, 0.15) is 30.5 Å². The van der Waals surface area contributed by atoms with Crippen LogP contribution in [-0.4, -0.2) is 29.4 Å². The fourth-order valence-corrected chi connectivity index (χ4v) is 2.44. The summed E-state index contributed by atoms with van der Waals surface area (Å²) in [5, 5.41) is 6.68. The molecule has 1 aliphatic rings. The highest BCUT2D eigenvalue weighted by Gasteiger charge is 2.16. The van der Waals surface area contributed by atoms with Crippen LogP contribution < -0.4 is 14.2 Å². The number of ether oxygens (including phenoxy) is 3. The molecule has 0 aliphatic carbocycles. The second kappa shape index (κ2) is 6.27. The predicted octanol–water partition coefficient (Wildman–Crippen LogP) is 3.21. The van der Waals surface area contributed by atoms with Gasteiger partial charge < -0.3 is 14.2 Å². The zero-order chi connectivity index (χ0) is 17.2. The Labute approximate surface area is 142 Å². The van der Waals surface area contributed by atoms with Crippen molar-refractivity contribution in [3.05, 3.63) is 60.0 Å². The van der Waals surface area contributed by atoms with Crippen LogP contribution in [0.1, 0.15) is 10.5 Å². The molecule has 25 heavy (non-hydrogen) atoms. The van der Waals surface area contributed by atoms with Crippen LogP contribution in [0.25, 0.3) is 11.3 Å². The van der Waals surface area contributed by atoms with Crippen molar-refractivity contribution in [2.75, 3.05) is 13.2 Å². The molecule has 1 aliphatic heterocycles. The van der Waals surface area contributed by atoms with E-state index in [2.05, 4.69) is 10.2 Å². The summed E-state index contributed by atoms with van der Waals surface area (Å²) in [5.74, 6) is 0.571. The molecule has 0 unspecified atom stereocenters. The molecular formula is C18H13FN2O4. The number of benzene rings is 2. The fourth-order valence-electron chi connectivity index (χ4n) is 2.44. The SMILES string of the molecule is O=C(Oc1ccc2c(c1)OCCO2)c1cc(-c2ccc(F)cc2)n[nH]1. The maximum absolute atomic E-state index is 13.0. The lowest BCUT2D eigenvalue weighted by atomic mass is 10.1. The normalized spacial score (nSPS) is 12.7. The largest absolute Gasteiger partial charge is 0.486 e. The summed E-state index contributed by atoms with van der Waals surface area (Å²) < 4.78 is 29.2. The van der Waals surface area contributed by atoms with Crippen molar-refractivity contribution in [3.8, 4) is 28.5 Å². The summed E-state index contributed by atoms with van der Waals surface area (Å²) in [4.78, 5) is 12.3. The summed E-state index contributed by atoms with van der Waals surface area (Å²) >= 11 is 0. The molecule has 126 valence electrons. The summed E-state index contributed by atoms with van der Waals surface area (Å²) in [5.41, 5.74) is 1.40. The van der Waals surface area contributed by atoms with E-state index in [1.54, 1.807) is 36.4 Å². The van der Waals surface area contributed by atoms with E-state index in [1.165, 1.54) is 12.1 Å². The lowest BCUT2D eigenvalue weighted by Gasteiger charge is -2.18. The molecule has 3 aromatic rings. The van der Waals surface area contributed by atoms with Crippen LogP contribution in [0, 0.1) is 5.82 Å². The number of H-pyrrole nitrogens is 1. The van der Waals surface area contributed by atoms with E-state index in [-0.39, 0.29) is 11.5 Å². The number of esters is 1. The molecule has 0 atom stereocenters. The van der Waals surface area contributed by atoms with Gasteiger partial charge in [0.2, 0.25) is 0 Å². The van der Waals surface area contributed by atoms with E-state index < -0.39 is 5.97 Å². The Kier molecular flexibility index (Phi) is 3.81. The number of halogens is 1. The molecular weight excluding hydrogens is 327 g/mol. The van der Waals surface area contributed by atoms with Crippen LogP contribution in [-0.2, 0) is 0 Å². The number of fused-ring (bicyclic) bond motifs is 1. The van der Waals surface area contributed by atoms with Crippen molar-refractivity contribution < 1.29 is 23.4 Å². The molecule has 0 radical (unpaired) electrons. The molecule has 0 spiro atoms. The number of hydrogen-bond donors (Lipinski definition) is 1. The number of nitrogens with zero attached hydrogens (tertiary/aromatic N) is 1. The lowest BCUT2D eigenvalue weighted by molar-refractivity contribution is 0.0727. The van der Waals surface area contributed by atoms with E-state index in [4.69, 9.17) is 14.2 Å². The molecule has 1 N–H and O–H groups in total. The average Bonchev–Trinajstić information content (AvgIpc) is 3.12. The van der Waals surface area contributed by atoms with E-state index in [0.29, 0.717) is 41.7 Å². The lowest BCUT2D eigenvalue weighted by Crippen LogP contribution is -2.15. The van der Waals surface area contributed by atoms with Gasteiger partial charge in [0.05, 0.1) is 5.69 Å². The molecule has 0 saturated heterocycles. The number of rotatable bonds is 3. The van der Waals surface area contributed by atoms with E-state index >= 15 is 0 Å². The first-order valence-electron chi connectivity index (χ1n) is 7.62. The molecule has 1 aromatic heterocycles. The van der Waals surface area contributed by atoms with Crippen LogP contribution in [0.2, 0.25) is 0 Å². The van der Waals surface area contributed by atoms with Gasteiger partial charge in [-0.05, 0) is 42.5 Å². The summed E-state index contributed by atoms with van der Waals surface area (Å²) in [6, 6.07) is 12.3. The molecule has 2 aromatic carbocycles. The van der Waals surface area contributed by atoms with Crippen molar-refractivity contribution in [2.45, 2.75) is 0 Å². The van der Waals surface area contributed by atoms with Crippen molar-refractivity contribution in [1.82, 2.24) is 10.2 Å². The minimum atomic E-state index is -0.586. The zero-order valence-electron chi connectivity index (χ0n) is 13.0. The number of aromatic nitrogens is 2. The summed E-state index contributed by atoms with van der Waals surface area (Å²) in [7, 11) is 0. The van der Waals surface area contributed by atoms with Gasteiger partial charge in [-0.15, -0.1) is 0 Å². The van der Waals surface area contributed by atoms with Crippen molar-refractivity contribution in [3.63, 3.8) is 0 Å². The topological polar surface area (TPSA) is 73.4 Å². The van der Waals surface area contributed by atoms with Crippen LogP contribution in [0.15, 0.2) is 48.5 Å². The van der Waals surface area contributed by atoms with Crippen LogP contribution in [0.5, 0.6) is 17.2 Å². The standard InChI is InChI=1S/C18H13FN2O4/c19-12-3-1-11(2-4-12)14-10-15(21-20-14)18(22)25-13-5-6-16-17(9-13)24-8-7-23-16/h1-6,9-10H,7-8H2,(H,20,21). The second-order valence-electron chi connectivity index (χ2n) is 5.37. The fraction of sp³-hybridized carbons (Fsp3) is 0.111. The molecule has 6 nitrogen and oxygen atoms in total. The van der Waals surface area contributed by atoms with Crippen molar-refractivity contribution in [1.29, 1.82) is 0 Å². The average molecular weight is 340 g/mol. The Morgan fingerprint density at radius 1 is 1.04 bits per heavy atom. The van der Waals surface area contributed by atoms with Gasteiger partial charge in [0.15, 0.2) is 11.5 Å². The smallest absolute Gasteiger partial charge is 0.361 e. The molecule has 2 heterocycles. The van der Waals surface area contributed by atoms with Crippen molar-refractivity contribution in [2.24, 2.45) is 0 Å². The molecule has 0 fully saturated rings. The van der Waals surface area contributed by atoms with Crippen LogP contribution >= 0.6 is 0 Å². The van der Waals surface area contributed by atoms with Crippen molar-refractivity contribution >= 4 is 5.97 Å². The highest BCUT2D eigenvalue weighted by Crippen LogP contribution is 2.33. The third-order valence-electron chi connectivity index (χ3n) is 3.66. The van der Waals surface area contributed by atoms with Gasteiger partial charge in [-0.3, -0.25) is 5.10 Å². The minimum absolute atomic E-state index is 0.189. The van der Waals surface area contributed by atoms with Crippen LogP contribution in [0.4, 0.5) is 4.39 Å². The quantitative estimate of drug-likeness (QED) is 0.585. The van der Waals surface area contributed by atoms with Gasteiger partial charge in [-0.2, -0.15) is 5.10 Å². The van der Waals surface area contributed by atoms with E-state index in [9.17, 15) is 9.18 Å². The van der Waals surface area contributed by atoms with E-state index in [1.807, 2.05) is 0 Å². The monoisotopic (exact) mass is 340 g/mol. The maximum atomic E-state index is 13.0. The summed E-state index contributed by atoms with van der Waals surface area (Å²) in [6.45, 7) is 0.943. The molecule has 0 amide bonds. The molecule has 7 heteroatoms.